The molecule has 15 nitrogen and oxygen atoms in total. The van der Waals surface area contributed by atoms with E-state index in [1.807, 2.05) is 39.6 Å². The second kappa shape index (κ2) is 21.8. The third-order valence-corrected chi connectivity index (χ3v) is 12.0. The third-order valence-electron chi connectivity index (χ3n) is 11.0. The minimum absolute atomic E-state index is 0.0166. The number of ether oxygens (including phenoxy) is 1. The monoisotopic (exact) mass is 814 g/mol. The summed E-state index contributed by atoms with van der Waals surface area (Å²) in [5.74, 6) is -4.62. The fourth-order valence-electron chi connectivity index (χ4n) is 7.05. The van der Waals surface area contributed by atoms with Gasteiger partial charge >= 0.3 is 11.9 Å². The molecule has 0 bridgehead atoms. The van der Waals surface area contributed by atoms with Gasteiger partial charge in [0, 0.05) is 44.8 Å². The van der Waals surface area contributed by atoms with Crippen LogP contribution in [0.5, 0.6) is 5.75 Å². The number of phenolic OH excluding ortho intramolecular Hbond substituents is 1. The molecule has 316 valence electrons. The molecule has 2 unspecified atom stereocenters. The number of aromatic hydroxyl groups is 1. The summed E-state index contributed by atoms with van der Waals surface area (Å²) in [4.78, 5) is 85.6. The fourth-order valence-corrected chi connectivity index (χ4v) is 7.89. The number of carboxylic acid groups (broad SMARTS) is 1. The highest BCUT2D eigenvalue weighted by atomic mass is 32.1. The molecule has 0 radical (unpaired) electrons. The van der Waals surface area contributed by atoms with Gasteiger partial charge < -0.3 is 35.8 Å². The number of thiazole rings is 1. The number of hydrogen-bond acceptors (Lipinski definition) is 11. The molecule has 57 heavy (non-hydrogen) atoms. The molecule has 1 aliphatic heterocycles. The molecule has 16 heteroatoms. The molecule has 4 amide bonds. The van der Waals surface area contributed by atoms with Crippen LogP contribution < -0.4 is 16.0 Å². The minimum Gasteiger partial charge on any atom is -0.506 e. The lowest BCUT2D eigenvalue weighted by atomic mass is 9.87. The number of benzene rings is 1. The van der Waals surface area contributed by atoms with E-state index in [9.17, 15) is 39.0 Å². The predicted octanol–water partition coefficient (Wildman–Crippen LogP) is 5.00. The molecule has 1 aromatic carbocycles. The van der Waals surface area contributed by atoms with E-state index in [0.29, 0.717) is 17.0 Å². The molecule has 1 aliphatic rings. The first-order valence-electron chi connectivity index (χ1n) is 19.9. The highest BCUT2D eigenvalue weighted by Gasteiger charge is 2.37. The molecular formula is C41H62N6O9S. The van der Waals surface area contributed by atoms with Crippen molar-refractivity contribution in [2.45, 2.75) is 118 Å². The van der Waals surface area contributed by atoms with Gasteiger partial charge in [-0.05, 0) is 68.3 Å². The number of carbonyl (C=O) groups is 6. The summed E-state index contributed by atoms with van der Waals surface area (Å²) in [5.41, 5.74) is 0.924. The number of aliphatic carboxylic acids is 1. The number of aromatic nitrogens is 1. The summed E-state index contributed by atoms with van der Waals surface area (Å²) >= 11 is 1.13. The topological polar surface area (TPSA) is 208 Å². The van der Waals surface area contributed by atoms with Crippen molar-refractivity contribution >= 4 is 52.6 Å². The number of phenols is 1. The van der Waals surface area contributed by atoms with E-state index in [2.05, 4.69) is 20.9 Å². The molecule has 2 heterocycles. The Morgan fingerprint density at radius 1 is 1.09 bits per heavy atom. The molecule has 1 saturated heterocycles. The minimum atomic E-state index is -1.05. The molecule has 0 aliphatic carbocycles. The average molecular weight is 815 g/mol. The first-order valence-corrected chi connectivity index (χ1v) is 20.8. The first-order chi connectivity index (χ1) is 26.9. The van der Waals surface area contributed by atoms with E-state index in [-0.39, 0.29) is 78.5 Å². The Labute approximate surface area is 340 Å². The van der Waals surface area contributed by atoms with Crippen molar-refractivity contribution in [3.05, 3.63) is 39.8 Å². The molecule has 1 aromatic heterocycles. The number of rotatable bonds is 20. The lowest BCUT2D eigenvalue weighted by molar-refractivity contribution is -0.149. The van der Waals surface area contributed by atoms with Crippen LogP contribution in [0.15, 0.2) is 23.6 Å². The van der Waals surface area contributed by atoms with Gasteiger partial charge in [-0.25, -0.2) is 4.98 Å². The van der Waals surface area contributed by atoms with Crippen LogP contribution in [0.2, 0.25) is 0 Å². The van der Waals surface area contributed by atoms with Gasteiger partial charge in [0.2, 0.25) is 17.7 Å². The van der Waals surface area contributed by atoms with Gasteiger partial charge in [-0.3, -0.25) is 33.7 Å². The van der Waals surface area contributed by atoms with E-state index in [1.165, 1.54) is 18.4 Å². The Bertz CT molecular complexity index is 1720. The highest BCUT2D eigenvalue weighted by Crippen LogP contribution is 2.32. The van der Waals surface area contributed by atoms with Crippen LogP contribution >= 0.6 is 11.3 Å². The summed E-state index contributed by atoms with van der Waals surface area (Å²) in [6, 6.07) is 3.16. The van der Waals surface area contributed by atoms with Crippen molar-refractivity contribution in [1.29, 1.82) is 0 Å². The van der Waals surface area contributed by atoms with Crippen LogP contribution in [0.25, 0.3) is 0 Å². The van der Waals surface area contributed by atoms with E-state index in [1.54, 1.807) is 37.9 Å². The Balaban J connectivity index is 1.79. The maximum Gasteiger partial charge on any atom is 0.306 e. The number of carboxylic acids is 1. The maximum absolute atomic E-state index is 14.2. The number of likely N-dealkylation sites (tertiary alicyclic amines) is 1. The van der Waals surface area contributed by atoms with Gasteiger partial charge in [0.1, 0.15) is 22.5 Å². The number of likely N-dealkylation sites (N-methyl/N-ethyl adjacent to an activating group) is 2. The molecule has 1 fully saturated rings. The number of piperidine rings is 1. The average Bonchev–Trinajstić information content (AvgIpc) is 3.67. The molecule has 0 spiro atoms. The Morgan fingerprint density at radius 2 is 1.79 bits per heavy atom. The molecule has 2 aromatic rings. The standard InChI is InChI=1S/C41H62N6O9S/c1-10-24(5)36(45-38(52)31-14-12-13-17-46(31)8)40(53)47(9)32(23(3)4)20-34(56-26(7)48)39-44-30(22-57-39)37(51)42-21-28(25(6)41(54)55)18-27-15-16-33(49)29(19-27)43-35(50)11-2/h15-16,19,22-25,28,31-32,34,36,49H,10-14,17-18,20-21H2,1-9H3,(H,42,51)(H,43,50)(H,45,52)(H,54,55)/t24-,25?,28+,31+,32?,34+,36-/m0/s1. The van der Waals surface area contributed by atoms with Crippen LogP contribution in [0.4, 0.5) is 5.69 Å². The zero-order chi connectivity index (χ0) is 42.6. The van der Waals surface area contributed by atoms with E-state index >= 15 is 0 Å². The summed E-state index contributed by atoms with van der Waals surface area (Å²) in [5, 5.41) is 30.5. The number of nitrogens with one attached hydrogen (secondary N) is 3. The van der Waals surface area contributed by atoms with Crippen molar-refractivity contribution in [2.75, 3.05) is 32.5 Å². The largest absolute Gasteiger partial charge is 0.506 e. The Kier molecular flexibility index (Phi) is 17.9. The van der Waals surface area contributed by atoms with Crippen molar-refractivity contribution in [2.24, 2.45) is 23.7 Å². The third kappa shape index (κ3) is 13.2. The number of amides is 4. The summed E-state index contributed by atoms with van der Waals surface area (Å²) < 4.78 is 5.75. The zero-order valence-corrected chi connectivity index (χ0v) is 35.6. The first kappa shape index (κ1) is 46.8. The van der Waals surface area contributed by atoms with Gasteiger partial charge in [0.05, 0.1) is 17.6 Å². The van der Waals surface area contributed by atoms with Crippen molar-refractivity contribution in [1.82, 2.24) is 25.4 Å². The van der Waals surface area contributed by atoms with E-state index < -0.39 is 47.9 Å². The lowest BCUT2D eigenvalue weighted by Crippen LogP contribution is -2.58. The van der Waals surface area contributed by atoms with Crippen molar-refractivity contribution in [3.8, 4) is 5.75 Å². The lowest BCUT2D eigenvalue weighted by Gasteiger charge is -2.38. The number of esters is 1. The predicted molar refractivity (Wildman–Crippen MR) is 218 cm³/mol. The smallest absolute Gasteiger partial charge is 0.306 e. The maximum atomic E-state index is 14.2. The van der Waals surface area contributed by atoms with Gasteiger partial charge in [-0.2, -0.15) is 0 Å². The Hall–Kier alpha value is -4.57. The quantitative estimate of drug-likeness (QED) is 0.0888. The Morgan fingerprint density at radius 3 is 2.39 bits per heavy atom. The second-order valence-electron chi connectivity index (χ2n) is 15.6. The molecule has 5 N–H and O–H groups in total. The summed E-state index contributed by atoms with van der Waals surface area (Å²) in [6.07, 6.45) is 3.11. The van der Waals surface area contributed by atoms with Gasteiger partial charge in [0.25, 0.3) is 5.91 Å². The van der Waals surface area contributed by atoms with Crippen LogP contribution in [0, 0.1) is 23.7 Å². The normalized spacial score (nSPS) is 17.7. The zero-order valence-electron chi connectivity index (χ0n) is 34.8. The number of nitrogens with zero attached hydrogens (tertiary/aromatic N) is 3. The van der Waals surface area contributed by atoms with Crippen molar-refractivity contribution in [3.63, 3.8) is 0 Å². The molecule has 7 atom stereocenters. The van der Waals surface area contributed by atoms with Crippen LogP contribution in [-0.4, -0.2) is 106 Å². The molecular weight excluding hydrogens is 753 g/mol. The highest BCUT2D eigenvalue weighted by molar-refractivity contribution is 7.09. The molecule has 3 rings (SSSR count). The van der Waals surface area contributed by atoms with E-state index in [0.717, 1.165) is 37.1 Å². The van der Waals surface area contributed by atoms with Gasteiger partial charge in [0.15, 0.2) is 6.10 Å². The second-order valence-corrected chi connectivity index (χ2v) is 16.5. The van der Waals surface area contributed by atoms with Crippen LogP contribution in [0.1, 0.15) is 114 Å². The SMILES string of the molecule is CCC(=O)Nc1cc(C[C@H](CNC(=O)c2csc([C@@H](CC(C(C)C)N(C)C(=O)[C@@H](NC(=O)[C@H]3CCCCN3C)[C@@H](C)CC)OC(C)=O)n2)C(C)C(=O)O)ccc1O. The number of carbonyl (C=O) groups excluding carboxylic acids is 5. The van der Waals surface area contributed by atoms with Crippen molar-refractivity contribution < 1.29 is 43.7 Å². The summed E-state index contributed by atoms with van der Waals surface area (Å²) in [7, 11) is 3.62. The number of hydrogen-bond donors (Lipinski definition) is 5. The molecule has 0 saturated carbocycles. The van der Waals surface area contributed by atoms with Crippen LogP contribution in [-0.2, 0) is 35.1 Å². The fraction of sp³-hybridized carbons (Fsp3) is 0.634. The number of anilines is 1. The van der Waals surface area contributed by atoms with Gasteiger partial charge in [-0.15, -0.1) is 11.3 Å². The van der Waals surface area contributed by atoms with Gasteiger partial charge in [-0.1, -0.05) is 60.5 Å². The van der Waals surface area contributed by atoms with E-state index in [4.69, 9.17) is 4.74 Å². The summed E-state index contributed by atoms with van der Waals surface area (Å²) in [6.45, 7) is 13.2. The van der Waals surface area contributed by atoms with Crippen LogP contribution in [0.3, 0.4) is 0 Å².